The Bertz CT molecular complexity index is 148. The predicted octanol–water partition coefficient (Wildman–Crippen LogP) is 1.34. The molecule has 0 bridgehead atoms. The van der Waals surface area contributed by atoms with E-state index in [0.29, 0.717) is 6.04 Å². The van der Waals surface area contributed by atoms with E-state index < -0.39 is 0 Å². The summed E-state index contributed by atoms with van der Waals surface area (Å²) in [7, 11) is 3.89. The quantitative estimate of drug-likeness (QED) is 0.674. The maximum Gasteiger partial charge on any atom is 0.0746 e. The summed E-state index contributed by atoms with van der Waals surface area (Å²) in [5, 5.41) is 3.47. The molecule has 0 rings (SSSR count). The molecule has 0 heterocycles. The molecule has 0 aliphatic carbocycles. The van der Waals surface area contributed by atoms with E-state index in [1.165, 1.54) is 0 Å². The lowest BCUT2D eigenvalue weighted by molar-refractivity contribution is 0.0207. The summed E-state index contributed by atoms with van der Waals surface area (Å²) in [6.45, 7) is 11.6. The molecular formula is C11H26N2O. The van der Waals surface area contributed by atoms with Gasteiger partial charge in [0.25, 0.3) is 0 Å². The van der Waals surface area contributed by atoms with E-state index >= 15 is 0 Å². The molecule has 0 aliphatic rings. The number of likely N-dealkylation sites (N-methyl/N-ethyl adjacent to an activating group) is 1. The molecule has 3 nitrogen and oxygen atoms in total. The first kappa shape index (κ1) is 13.9. The highest BCUT2D eigenvalue weighted by Gasteiger charge is 2.17. The third kappa shape index (κ3) is 6.35. The Kier molecular flexibility index (Phi) is 6.33. The van der Waals surface area contributed by atoms with Crippen molar-refractivity contribution in [3.05, 3.63) is 0 Å². The number of hydrogen-bond donors (Lipinski definition) is 1. The SMILES string of the molecule is CCN(C)CC(C)NCC(C)(C)OC. The van der Waals surface area contributed by atoms with Gasteiger partial charge < -0.3 is 15.0 Å². The Hall–Kier alpha value is -0.120. The van der Waals surface area contributed by atoms with Crippen LogP contribution >= 0.6 is 0 Å². The van der Waals surface area contributed by atoms with E-state index in [9.17, 15) is 0 Å². The van der Waals surface area contributed by atoms with Crippen LogP contribution in [0.5, 0.6) is 0 Å². The maximum absolute atomic E-state index is 5.34. The monoisotopic (exact) mass is 202 g/mol. The molecule has 0 aliphatic heterocycles. The van der Waals surface area contributed by atoms with Crippen molar-refractivity contribution in [1.29, 1.82) is 0 Å². The van der Waals surface area contributed by atoms with Crippen LogP contribution < -0.4 is 5.32 Å². The molecule has 0 fully saturated rings. The zero-order chi connectivity index (χ0) is 11.2. The van der Waals surface area contributed by atoms with Gasteiger partial charge in [0.05, 0.1) is 5.60 Å². The molecule has 1 atom stereocenters. The first-order valence-electron chi connectivity index (χ1n) is 5.38. The van der Waals surface area contributed by atoms with Crippen LogP contribution in [0.2, 0.25) is 0 Å². The highest BCUT2D eigenvalue weighted by atomic mass is 16.5. The maximum atomic E-state index is 5.34. The second-order valence-corrected chi connectivity index (χ2v) is 4.60. The lowest BCUT2D eigenvalue weighted by Gasteiger charge is -2.27. The lowest BCUT2D eigenvalue weighted by atomic mass is 10.1. The number of nitrogens with zero attached hydrogens (tertiary/aromatic N) is 1. The summed E-state index contributed by atoms with van der Waals surface area (Å²) in [5.41, 5.74) is -0.0704. The first-order valence-corrected chi connectivity index (χ1v) is 5.38. The standard InChI is InChI=1S/C11H26N2O/c1-7-13(5)8-10(2)12-9-11(3,4)14-6/h10,12H,7-9H2,1-6H3. The van der Waals surface area contributed by atoms with Crippen LogP contribution in [0.3, 0.4) is 0 Å². The van der Waals surface area contributed by atoms with Gasteiger partial charge in [-0.3, -0.25) is 0 Å². The highest BCUT2D eigenvalue weighted by molar-refractivity contribution is 4.74. The minimum absolute atomic E-state index is 0.0704. The van der Waals surface area contributed by atoms with Crippen LogP contribution in [0.4, 0.5) is 0 Å². The normalized spacial score (nSPS) is 14.8. The van der Waals surface area contributed by atoms with Crippen molar-refractivity contribution in [2.24, 2.45) is 0 Å². The Balaban J connectivity index is 3.68. The molecule has 1 N–H and O–H groups in total. The largest absolute Gasteiger partial charge is 0.377 e. The summed E-state index contributed by atoms with van der Waals surface area (Å²) in [4.78, 5) is 2.30. The smallest absolute Gasteiger partial charge is 0.0746 e. The van der Waals surface area contributed by atoms with Gasteiger partial charge in [0.2, 0.25) is 0 Å². The Morgan fingerprint density at radius 2 is 2.00 bits per heavy atom. The number of nitrogens with one attached hydrogen (secondary N) is 1. The van der Waals surface area contributed by atoms with Gasteiger partial charge in [-0.25, -0.2) is 0 Å². The first-order chi connectivity index (χ1) is 6.41. The zero-order valence-corrected chi connectivity index (χ0v) is 10.6. The van der Waals surface area contributed by atoms with Crippen molar-refractivity contribution in [2.45, 2.75) is 39.3 Å². The molecule has 86 valence electrons. The predicted molar refractivity (Wildman–Crippen MR) is 61.7 cm³/mol. The second-order valence-electron chi connectivity index (χ2n) is 4.60. The molecular weight excluding hydrogens is 176 g/mol. The molecule has 0 aromatic rings. The van der Waals surface area contributed by atoms with Crippen LogP contribution in [0.25, 0.3) is 0 Å². The van der Waals surface area contributed by atoms with Crippen LogP contribution in [-0.2, 0) is 4.74 Å². The van der Waals surface area contributed by atoms with Crippen LogP contribution in [-0.4, -0.2) is 50.3 Å². The van der Waals surface area contributed by atoms with E-state index in [0.717, 1.165) is 19.6 Å². The van der Waals surface area contributed by atoms with Gasteiger partial charge in [0.1, 0.15) is 0 Å². The fourth-order valence-electron chi connectivity index (χ4n) is 1.15. The molecule has 14 heavy (non-hydrogen) atoms. The van der Waals surface area contributed by atoms with Gasteiger partial charge in [-0.2, -0.15) is 0 Å². The van der Waals surface area contributed by atoms with Crippen molar-refractivity contribution < 1.29 is 4.74 Å². The summed E-state index contributed by atoms with van der Waals surface area (Å²) >= 11 is 0. The summed E-state index contributed by atoms with van der Waals surface area (Å²) in [6.07, 6.45) is 0. The fraction of sp³-hybridized carbons (Fsp3) is 1.00. The summed E-state index contributed by atoms with van der Waals surface area (Å²) < 4.78 is 5.34. The highest BCUT2D eigenvalue weighted by Crippen LogP contribution is 2.05. The molecule has 0 saturated carbocycles. The van der Waals surface area contributed by atoms with Crippen LogP contribution in [0.15, 0.2) is 0 Å². The fourth-order valence-corrected chi connectivity index (χ4v) is 1.15. The number of rotatable bonds is 7. The average Bonchev–Trinajstić information content (AvgIpc) is 2.15. The van der Waals surface area contributed by atoms with Crippen molar-refractivity contribution in [2.75, 3.05) is 33.8 Å². The Morgan fingerprint density at radius 3 is 2.43 bits per heavy atom. The Labute approximate surface area is 88.8 Å². The van der Waals surface area contributed by atoms with Gasteiger partial charge in [-0.05, 0) is 34.4 Å². The molecule has 1 unspecified atom stereocenters. The van der Waals surface area contributed by atoms with Gasteiger partial charge in [0, 0.05) is 26.2 Å². The van der Waals surface area contributed by atoms with Crippen molar-refractivity contribution in [3.63, 3.8) is 0 Å². The molecule has 0 saturated heterocycles. The van der Waals surface area contributed by atoms with Crippen LogP contribution in [0, 0.1) is 0 Å². The summed E-state index contributed by atoms with van der Waals surface area (Å²) in [6, 6.07) is 0.509. The van der Waals surface area contributed by atoms with E-state index in [4.69, 9.17) is 4.74 Å². The van der Waals surface area contributed by atoms with Crippen molar-refractivity contribution >= 4 is 0 Å². The van der Waals surface area contributed by atoms with Crippen molar-refractivity contribution in [3.8, 4) is 0 Å². The van der Waals surface area contributed by atoms with Crippen molar-refractivity contribution in [1.82, 2.24) is 10.2 Å². The number of ether oxygens (including phenoxy) is 1. The van der Waals surface area contributed by atoms with E-state index in [1.807, 2.05) is 0 Å². The molecule has 0 radical (unpaired) electrons. The number of hydrogen-bond acceptors (Lipinski definition) is 3. The van der Waals surface area contributed by atoms with Gasteiger partial charge in [-0.1, -0.05) is 6.92 Å². The average molecular weight is 202 g/mol. The molecule has 0 spiro atoms. The van der Waals surface area contributed by atoms with E-state index in [2.05, 4.69) is 45.0 Å². The van der Waals surface area contributed by atoms with Crippen LogP contribution in [0.1, 0.15) is 27.7 Å². The number of methoxy groups -OCH3 is 1. The molecule has 0 amide bonds. The minimum Gasteiger partial charge on any atom is -0.377 e. The van der Waals surface area contributed by atoms with Gasteiger partial charge in [0.15, 0.2) is 0 Å². The second kappa shape index (κ2) is 6.38. The molecule has 0 aromatic carbocycles. The topological polar surface area (TPSA) is 24.5 Å². The zero-order valence-electron chi connectivity index (χ0n) is 10.6. The minimum atomic E-state index is -0.0704. The molecule has 0 aromatic heterocycles. The Morgan fingerprint density at radius 1 is 1.43 bits per heavy atom. The third-order valence-corrected chi connectivity index (χ3v) is 2.55. The lowest BCUT2D eigenvalue weighted by Crippen LogP contribution is -2.44. The van der Waals surface area contributed by atoms with Gasteiger partial charge >= 0.3 is 0 Å². The van der Waals surface area contributed by atoms with E-state index in [-0.39, 0.29) is 5.60 Å². The third-order valence-electron chi connectivity index (χ3n) is 2.55. The van der Waals surface area contributed by atoms with Gasteiger partial charge in [-0.15, -0.1) is 0 Å². The van der Waals surface area contributed by atoms with E-state index in [1.54, 1.807) is 7.11 Å². The summed E-state index contributed by atoms with van der Waals surface area (Å²) in [5.74, 6) is 0. The molecule has 3 heteroatoms.